The number of esters is 1. The maximum absolute atomic E-state index is 12.1. The van der Waals surface area contributed by atoms with Gasteiger partial charge in [-0.25, -0.2) is 4.79 Å². The second-order valence-corrected chi connectivity index (χ2v) is 7.61. The van der Waals surface area contributed by atoms with E-state index in [1.807, 2.05) is 0 Å². The summed E-state index contributed by atoms with van der Waals surface area (Å²) in [5, 5.41) is 0. The fraction of sp³-hybridized carbons (Fsp3) is 0.708. The quantitative estimate of drug-likeness (QED) is 0.180. The number of carbonyl (C=O) groups is 1. The van der Waals surface area contributed by atoms with Crippen LogP contribution in [0.3, 0.4) is 0 Å². The third-order valence-corrected chi connectivity index (χ3v) is 5.03. The number of carbonyl (C=O) groups excluding carboxylic acids is 1. The highest BCUT2D eigenvalue weighted by Crippen LogP contribution is 2.32. The minimum Gasteiger partial charge on any atom is -0.493 e. The average molecular weight is 408 g/mol. The lowest BCUT2D eigenvalue weighted by molar-refractivity contribution is 0.0596. The Labute approximate surface area is 177 Å². The fourth-order valence-corrected chi connectivity index (χ4v) is 3.22. The van der Waals surface area contributed by atoms with Crippen LogP contribution in [0.15, 0.2) is 12.1 Å². The molecular formula is C24H41NO4. The molecule has 0 spiro atoms. The van der Waals surface area contributed by atoms with Gasteiger partial charge in [0.15, 0.2) is 0 Å². The van der Waals surface area contributed by atoms with Crippen LogP contribution in [0.2, 0.25) is 0 Å². The molecule has 0 bridgehead atoms. The molecule has 0 atom stereocenters. The van der Waals surface area contributed by atoms with E-state index in [2.05, 4.69) is 13.8 Å². The molecule has 0 aliphatic heterocycles. The molecule has 0 radical (unpaired) electrons. The van der Waals surface area contributed by atoms with Gasteiger partial charge in [0.05, 0.1) is 26.0 Å². The van der Waals surface area contributed by atoms with E-state index >= 15 is 0 Å². The molecule has 2 N–H and O–H groups in total. The molecule has 0 aromatic heterocycles. The van der Waals surface area contributed by atoms with Gasteiger partial charge >= 0.3 is 5.97 Å². The van der Waals surface area contributed by atoms with Crippen LogP contribution in [0, 0.1) is 0 Å². The highest BCUT2D eigenvalue weighted by molar-refractivity contribution is 5.94. The highest BCUT2D eigenvalue weighted by atomic mass is 16.5. The lowest BCUT2D eigenvalue weighted by Crippen LogP contribution is -2.09. The molecule has 1 aromatic rings. The number of hydrogen-bond acceptors (Lipinski definition) is 5. The minimum absolute atomic E-state index is 0.350. The van der Waals surface area contributed by atoms with Crippen molar-refractivity contribution < 1.29 is 19.0 Å². The van der Waals surface area contributed by atoms with Crippen LogP contribution in [-0.4, -0.2) is 26.3 Å². The smallest absolute Gasteiger partial charge is 0.341 e. The average Bonchev–Trinajstić information content (AvgIpc) is 2.73. The van der Waals surface area contributed by atoms with E-state index in [-0.39, 0.29) is 0 Å². The Hall–Kier alpha value is -1.91. The first-order valence-corrected chi connectivity index (χ1v) is 11.4. The van der Waals surface area contributed by atoms with Crippen LogP contribution in [-0.2, 0) is 4.74 Å². The molecule has 0 aliphatic rings. The Kier molecular flexibility index (Phi) is 13.8. The number of methoxy groups -OCH3 is 1. The number of ether oxygens (including phenoxy) is 3. The summed E-state index contributed by atoms with van der Waals surface area (Å²) in [7, 11) is 1.36. The predicted molar refractivity (Wildman–Crippen MR) is 120 cm³/mol. The topological polar surface area (TPSA) is 70.8 Å². The molecule has 0 fully saturated rings. The first-order chi connectivity index (χ1) is 14.1. The SMILES string of the molecule is CCCCCCCCOc1cc(OCCCCCCCC)c(C(=O)OC)cc1N. The number of unbranched alkanes of at least 4 members (excludes halogenated alkanes) is 10. The van der Waals surface area contributed by atoms with Crippen LogP contribution in [0.25, 0.3) is 0 Å². The van der Waals surface area contributed by atoms with Gasteiger partial charge in [0.2, 0.25) is 0 Å². The molecule has 1 rings (SSSR count). The van der Waals surface area contributed by atoms with Gasteiger partial charge in [-0.2, -0.15) is 0 Å². The zero-order chi connectivity index (χ0) is 21.3. The Morgan fingerprint density at radius 3 is 1.76 bits per heavy atom. The van der Waals surface area contributed by atoms with Gasteiger partial charge in [-0.15, -0.1) is 0 Å². The third-order valence-electron chi connectivity index (χ3n) is 5.03. The Morgan fingerprint density at radius 2 is 1.24 bits per heavy atom. The molecule has 5 nitrogen and oxygen atoms in total. The van der Waals surface area contributed by atoms with E-state index in [4.69, 9.17) is 19.9 Å². The van der Waals surface area contributed by atoms with Crippen molar-refractivity contribution in [2.24, 2.45) is 0 Å². The molecule has 0 saturated heterocycles. The van der Waals surface area contributed by atoms with Crippen LogP contribution >= 0.6 is 0 Å². The monoisotopic (exact) mass is 407 g/mol. The molecule has 166 valence electrons. The van der Waals surface area contributed by atoms with Crippen molar-refractivity contribution >= 4 is 11.7 Å². The minimum atomic E-state index is -0.447. The van der Waals surface area contributed by atoms with Crippen molar-refractivity contribution in [3.8, 4) is 11.5 Å². The molecule has 29 heavy (non-hydrogen) atoms. The zero-order valence-corrected chi connectivity index (χ0v) is 18.8. The largest absolute Gasteiger partial charge is 0.493 e. The predicted octanol–water partition coefficient (Wildman–Crippen LogP) is 6.53. The van der Waals surface area contributed by atoms with Crippen molar-refractivity contribution in [3.63, 3.8) is 0 Å². The van der Waals surface area contributed by atoms with Gasteiger partial charge in [0.25, 0.3) is 0 Å². The maximum Gasteiger partial charge on any atom is 0.341 e. The maximum atomic E-state index is 12.1. The van der Waals surface area contributed by atoms with Crippen molar-refractivity contribution in [1.29, 1.82) is 0 Å². The summed E-state index contributed by atoms with van der Waals surface area (Å²) >= 11 is 0. The second kappa shape index (κ2) is 15.9. The molecule has 0 heterocycles. The van der Waals surface area contributed by atoms with Crippen LogP contribution < -0.4 is 15.2 Å². The van der Waals surface area contributed by atoms with E-state index in [1.54, 1.807) is 12.1 Å². The molecule has 0 aliphatic carbocycles. The normalized spacial score (nSPS) is 10.7. The van der Waals surface area contributed by atoms with Crippen LogP contribution in [0.5, 0.6) is 11.5 Å². The molecule has 0 unspecified atom stereocenters. The van der Waals surface area contributed by atoms with Gasteiger partial charge in [-0.3, -0.25) is 0 Å². The number of nitrogens with two attached hydrogens (primary N) is 1. The first-order valence-electron chi connectivity index (χ1n) is 11.4. The summed E-state index contributed by atoms with van der Waals surface area (Å²) in [5.74, 6) is 0.610. The fourth-order valence-electron chi connectivity index (χ4n) is 3.22. The first kappa shape index (κ1) is 25.1. The second-order valence-electron chi connectivity index (χ2n) is 7.61. The molecule has 1 aromatic carbocycles. The number of nitrogen functional groups attached to an aromatic ring is 1. The van der Waals surface area contributed by atoms with E-state index in [9.17, 15) is 4.79 Å². The lowest BCUT2D eigenvalue weighted by Gasteiger charge is -2.15. The van der Waals surface area contributed by atoms with Crippen LogP contribution in [0.1, 0.15) is 101 Å². The van der Waals surface area contributed by atoms with Crippen molar-refractivity contribution in [2.75, 3.05) is 26.1 Å². The molecule has 0 saturated carbocycles. The number of rotatable bonds is 17. The van der Waals surface area contributed by atoms with E-state index < -0.39 is 5.97 Å². The van der Waals surface area contributed by atoms with Gasteiger partial charge < -0.3 is 19.9 Å². The van der Waals surface area contributed by atoms with Gasteiger partial charge in [0, 0.05) is 6.07 Å². The summed E-state index contributed by atoms with van der Waals surface area (Å²) in [6.45, 7) is 5.61. The van der Waals surface area contributed by atoms with Gasteiger partial charge in [-0.1, -0.05) is 78.1 Å². The number of hydrogen-bond donors (Lipinski definition) is 1. The van der Waals surface area contributed by atoms with Gasteiger partial charge in [-0.05, 0) is 18.9 Å². The molecule has 5 heteroatoms. The number of benzene rings is 1. The third kappa shape index (κ3) is 10.4. The Bertz CT molecular complexity index is 574. The molecule has 0 amide bonds. The summed E-state index contributed by atoms with van der Waals surface area (Å²) in [6, 6.07) is 3.33. The van der Waals surface area contributed by atoms with Crippen molar-refractivity contribution in [2.45, 2.75) is 90.9 Å². The summed E-state index contributed by atoms with van der Waals surface area (Å²) in [5.41, 5.74) is 6.88. The van der Waals surface area contributed by atoms with Gasteiger partial charge in [0.1, 0.15) is 17.1 Å². The highest BCUT2D eigenvalue weighted by Gasteiger charge is 2.17. The van der Waals surface area contributed by atoms with E-state index in [1.165, 1.54) is 58.5 Å². The van der Waals surface area contributed by atoms with Crippen LogP contribution in [0.4, 0.5) is 5.69 Å². The summed E-state index contributed by atoms with van der Waals surface area (Å²) in [4.78, 5) is 12.1. The van der Waals surface area contributed by atoms with Crippen molar-refractivity contribution in [3.05, 3.63) is 17.7 Å². The standard InChI is InChI=1S/C24H41NO4/c1-4-6-8-10-12-14-16-28-22-19-23(21(25)18-20(22)24(26)27-3)29-17-15-13-11-9-7-5-2/h18-19H,4-17,25H2,1-3H3. The zero-order valence-electron chi connectivity index (χ0n) is 18.8. The number of anilines is 1. The summed E-state index contributed by atoms with van der Waals surface area (Å²) in [6.07, 6.45) is 14.3. The van der Waals surface area contributed by atoms with E-state index in [0.29, 0.717) is 36.0 Å². The van der Waals surface area contributed by atoms with E-state index in [0.717, 1.165) is 25.7 Å². The summed E-state index contributed by atoms with van der Waals surface area (Å²) < 4.78 is 16.6. The Balaban J connectivity index is 2.57. The lowest BCUT2D eigenvalue weighted by atomic mass is 10.1. The Morgan fingerprint density at radius 1 is 0.759 bits per heavy atom. The van der Waals surface area contributed by atoms with Crippen molar-refractivity contribution in [1.82, 2.24) is 0 Å². The molecular weight excluding hydrogens is 366 g/mol.